The minimum Gasteiger partial charge on any atom is -0.300 e. The van der Waals surface area contributed by atoms with E-state index in [1.807, 2.05) is 6.92 Å². The molecule has 0 amide bonds. The molecule has 0 aromatic heterocycles. The van der Waals surface area contributed by atoms with Crippen LogP contribution in [-0.2, 0) is 4.79 Å². The molecule has 1 nitrogen and oxygen atoms in total. The molecule has 0 heterocycles. The van der Waals surface area contributed by atoms with Crippen LogP contribution < -0.4 is 0 Å². The highest BCUT2D eigenvalue weighted by atomic mass is 16.1. The van der Waals surface area contributed by atoms with Crippen molar-refractivity contribution < 1.29 is 4.79 Å². The summed E-state index contributed by atoms with van der Waals surface area (Å²) in [5.74, 6) is 6.70. The van der Waals surface area contributed by atoms with E-state index in [0.29, 0.717) is 17.1 Å². The molecule has 4 aliphatic rings. The van der Waals surface area contributed by atoms with Gasteiger partial charge in [0.2, 0.25) is 0 Å². The van der Waals surface area contributed by atoms with Crippen molar-refractivity contribution in [3.8, 4) is 0 Å². The van der Waals surface area contributed by atoms with Gasteiger partial charge < -0.3 is 0 Å². The SMILES string of the molecule is CC(=O)[C@H]1CCC[C@H]2[C@@H]3CC[C@@H]4C[C@@H](C)CC[C@@H]4C3CC[C@]12C. The molecule has 4 aliphatic carbocycles. The highest BCUT2D eigenvalue weighted by molar-refractivity contribution is 5.79. The Morgan fingerprint density at radius 2 is 1.70 bits per heavy atom. The van der Waals surface area contributed by atoms with Gasteiger partial charge in [-0.25, -0.2) is 0 Å². The van der Waals surface area contributed by atoms with Crippen LogP contribution in [0.5, 0.6) is 0 Å². The molecule has 0 N–H and O–H groups in total. The van der Waals surface area contributed by atoms with Crippen molar-refractivity contribution in [3.05, 3.63) is 0 Å². The Morgan fingerprint density at radius 1 is 0.913 bits per heavy atom. The number of hydrogen-bond acceptors (Lipinski definition) is 1. The van der Waals surface area contributed by atoms with Gasteiger partial charge in [0.05, 0.1) is 0 Å². The number of Topliss-reactive ketones (excluding diaryl/α,β-unsaturated/α-hetero) is 1. The maximum atomic E-state index is 12.3. The molecule has 1 heteroatoms. The molecule has 0 saturated heterocycles. The Kier molecular flexibility index (Phi) is 4.13. The molecule has 0 aromatic rings. The lowest BCUT2D eigenvalue weighted by molar-refractivity contribution is -0.142. The van der Waals surface area contributed by atoms with Crippen molar-refractivity contribution in [1.29, 1.82) is 0 Å². The van der Waals surface area contributed by atoms with Crippen LogP contribution in [0.15, 0.2) is 0 Å². The van der Waals surface area contributed by atoms with Gasteiger partial charge in [-0.2, -0.15) is 0 Å². The zero-order valence-electron chi connectivity index (χ0n) is 15.5. The first-order valence-corrected chi connectivity index (χ1v) is 10.5. The first-order chi connectivity index (χ1) is 11.0. The van der Waals surface area contributed by atoms with Crippen LogP contribution >= 0.6 is 0 Å². The summed E-state index contributed by atoms with van der Waals surface area (Å²) < 4.78 is 0. The normalized spacial score (nSPS) is 52.9. The zero-order valence-corrected chi connectivity index (χ0v) is 15.5. The molecule has 0 aliphatic heterocycles. The van der Waals surface area contributed by atoms with Crippen LogP contribution in [-0.4, -0.2) is 5.78 Å². The summed E-state index contributed by atoms with van der Waals surface area (Å²) in [5, 5.41) is 0. The minimum atomic E-state index is 0.333. The van der Waals surface area contributed by atoms with E-state index in [1.54, 1.807) is 0 Å². The monoisotopic (exact) mass is 316 g/mol. The second-order valence-corrected chi connectivity index (χ2v) is 9.99. The summed E-state index contributed by atoms with van der Waals surface area (Å²) in [6, 6.07) is 0. The summed E-state index contributed by atoms with van der Waals surface area (Å²) >= 11 is 0. The quantitative estimate of drug-likeness (QED) is 0.591. The molecular weight excluding hydrogens is 280 g/mol. The van der Waals surface area contributed by atoms with Crippen LogP contribution in [0.3, 0.4) is 0 Å². The van der Waals surface area contributed by atoms with Gasteiger partial charge in [-0.1, -0.05) is 26.7 Å². The van der Waals surface area contributed by atoms with E-state index < -0.39 is 0 Å². The predicted octanol–water partition coefficient (Wildman–Crippen LogP) is 5.87. The van der Waals surface area contributed by atoms with Crippen LogP contribution in [0, 0.1) is 46.8 Å². The van der Waals surface area contributed by atoms with E-state index in [-0.39, 0.29) is 0 Å². The average molecular weight is 317 g/mol. The highest BCUT2D eigenvalue weighted by Crippen LogP contribution is 2.63. The number of fused-ring (bicyclic) bond motifs is 5. The Bertz CT molecular complexity index is 469. The third kappa shape index (κ3) is 2.52. The molecule has 0 bridgehead atoms. The number of rotatable bonds is 1. The van der Waals surface area contributed by atoms with E-state index in [9.17, 15) is 4.79 Å². The van der Waals surface area contributed by atoms with Gasteiger partial charge in [0.25, 0.3) is 0 Å². The van der Waals surface area contributed by atoms with Gasteiger partial charge in [-0.15, -0.1) is 0 Å². The van der Waals surface area contributed by atoms with E-state index in [4.69, 9.17) is 0 Å². The molecule has 23 heavy (non-hydrogen) atoms. The van der Waals surface area contributed by atoms with Gasteiger partial charge in [-0.3, -0.25) is 4.79 Å². The standard InChI is InChI=1S/C22H36O/c1-14-7-9-17-16(13-14)8-10-19-18(17)11-12-22(3)20(15(2)23)5-4-6-21(19)22/h14,16-21H,4-13H2,1-3H3/t14-,16+,17-,18?,19+,20+,21-,22+/m0/s1. The Labute approximate surface area is 143 Å². The molecule has 4 rings (SSSR count). The number of hydrogen-bond donors (Lipinski definition) is 0. The van der Waals surface area contributed by atoms with E-state index in [0.717, 1.165) is 35.5 Å². The average Bonchev–Trinajstić information content (AvgIpc) is 2.52. The summed E-state index contributed by atoms with van der Waals surface area (Å²) in [6.07, 6.45) is 14.1. The van der Waals surface area contributed by atoms with Crippen molar-refractivity contribution in [2.24, 2.45) is 46.8 Å². The van der Waals surface area contributed by atoms with Crippen molar-refractivity contribution in [2.75, 3.05) is 0 Å². The van der Waals surface area contributed by atoms with Gasteiger partial charge in [0.15, 0.2) is 0 Å². The van der Waals surface area contributed by atoms with Crippen LogP contribution in [0.2, 0.25) is 0 Å². The third-order valence-electron chi connectivity index (χ3n) is 8.95. The second-order valence-electron chi connectivity index (χ2n) is 9.99. The molecule has 1 unspecified atom stereocenters. The molecular formula is C22H36O. The Balaban J connectivity index is 1.58. The van der Waals surface area contributed by atoms with Gasteiger partial charge >= 0.3 is 0 Å². The number of carbonyl (C=O) groups excluding carboxylic acids is 1. The number of carbonyl (C=O) groups is 1. The molecule has 4 saturated carbocycles. The smallest absolute Gasteiger partial charge is 0.133 e. The van der Waals surface area contributed by atoms with Crippen molar-refractivity contribution >= 4 is 5.78 Å². The fraction of sp³-hybridized carbons (Fsp3) is 0.955. The molecule has 0 radical (unpaired) electrons. The summed E-state index contributed by atoms with van der Waals surface area (Å²) in [7, 11) is 0. The van der Waals surface area contributed by atoms with E-state index >= 15 is 0 Å². The second kappa shape index (κ2) is 5.88. The van der Waals surface area contributed by atoms with Crippen molar-refractivity contribution in [2.45, 2.75) is 85.0 Å². The maximum Gasteiger partial charge on any atom is 0.133 e. The summed E-state index contributed by atoms with van der Waals surface area (Å²) in [4.78, 5) is 12.3. The molecule has 0 aromatic carbocycles. The summed E-state index contributed by atoms with van der Waals surface area (Å²) in [6.45, 7) is 6.83. The third-order valence-corrected chi connectivity index (χ3v) is 8.95. The van der Waals surface area contributed by atoms with E-state index in [1.165, 1.54) is 64.2 Å². The van der Waals surface area contributed by atoms with Gasteiger partial charge in [-0.05, 0) is 99.2 Å². The summed E-state index contributed by atoms with van der Waals surface area (Å²) in [5.41, 5.74) is 0.333. The fourth-order valence-electron chi connectivity index (χ4n) is 7.95. The van der Waals surface area contributed by atoms with Gasteiger partial charge in [0.1, 0.15) is 5.78 Å². The predicted molar refractivity (Wildman–Crippen MR) is 95.1 cm³/mol. The van der Waals surface area contributed by atoms with Crippen LogP contribution in [0.4, 0.5) is 0 Å². The Morgan fingerprint density at radius 3 is 2.48 bits per heavy atom. The van der Waals surface area contributed by atoms with Gasteiger partial charge in [0, 0.05) is 5.92 Å². The first kappa shape index (κ1) is 16.2. The lowest BCUT2D eigenvalue weighted by Crippen LogP contribution is -2.53. The lowest BCUT2D eigenvalue weighted by atomic mass is 9.44. The van der Waals surface area contributed by atoms with Crippen LogP contribution in [0.1, 0.15) is 85.0 Å². The zero-order chi connectivity index (χ0) is 16.2. The highest BCUT2D eigenvalue weighted by Gasteiger charge is 2.56. The molecule has 0 spiro atoms. The minimum absolute atomic E-state index is 0.333. The lowest BCUT2D eigenvalue weighted by Gasteiger charge is -2.60. The molecule has 4 fully saturated rings. The molecule has 130 valence electrons. The van der Waals surface area contributed by atoms with E-state index in [2.05, 4.69) is 13.8 Å². The number of ketones is 1. The largest absolute Gasteiger partial charge is 0.300 e. The fourth-order valence-corrected chi connectivity index (χ4v) is 7.95. The Hall–Kier alpha value is -0.330. The van der Waals surface area contributed by atoms with Crippen LogP contribution in [0.25, 0.3) is 0 Å². The topological polar surface area (TPSA) is 17.1 Å². The maximum absolute atomic E-state index is 12.3. The first-order valence-electron chi connectivity index (χ1n) is 10.5. The van der Waals surface area contributed by atoms with Crippen molar-refractivity contribution in [1.82, 2.24) is 0 Å². The molecule has 8 atom stereocenters. The van der Waals surface area contributed by atoms with Crippen molar-refractivity contribution in [3.63, 3.8) is 0 Å².